The van der Waals surface area contributed by atoms with E-state index in [1.165, 1.54) is 12.1 Å². The molecule has 2 aromatic rings. The Morgan fingerprint density at radius 3 is 2.84 bits per heavy atom. The summed E-state index contributed by atoms with van der Waals surface area (Å²) in [4.78, 5) is 12.8. The minimum atomic E-state index is -0.636. The van der Waals surface area contributed by atoms with Gasteiger partial charge in [-0.25, -0.2) is 9.18 Å². The van der Waals surface area contributed by atoms with E-state index in [0.29, 0.717) is 0 Å². The van der Waals surface area contributed by atoms with Crippen LogP contribution in [0.2, 0.25) is 5.02 Å². The number of urea groups is 1. The molecular formula is C13H12ClFN2OS. The van der Waals surface area contributed by atoms with E-state index < -0.39 is 11.8 Å². The molecule has 0 aliphatic rings. The van der Waals surface area contributed by atoms with Gasteiger partial charge in [0.2, 0.25) is 0 Å². The highest BCUT2D eigenvalue weighted by Crippen LogP contribution is 2.22. The van der Waals surface area contributed by atoms with Crippen molar-refractivity contribution in [2.45, 2.75) is 13.0 Å². The molecule has 1 unspecified atom stereocenters. The number of amides is 2. The fourth-order valence-electron chi connectivity index (χ4n) is 1.56. The molecule has 0 aliphatic carbocycles. The summed E-state index contributed by atoms with van der Waals surface area (Å²) in [5.41, 5.74) is 0.0587. The third-order valence-corrected chi connectivity index (χ3v) is 3.86. The average Bonchev–Trinajstić information content (AvgIpc) is 2.88. The summed E-state index contributed by atoms with van der Waals surface area (Å²) in [5, 5.41) is 7.08. The molecule has 2 N–H and O–H groups in total. The van der Waals surface area contributed by atoms with E-state index in [4.69, 9.17) is 11.6 Å². The molecule has 100 valence electrons. The van der Waals surface area contributed by atoms with Gasteiger partial charge in [0.05, 0.1) is 16.8 Å². The highest BCUT2D eigenvalue weighted by Gasteiger charge is 2.13. The van der Waals surface area contributed by atoms with Gasteiger partial charge in [-0.1, -0.05) is 23.7 Å². The van der Waals surface area contributed by atoms with Crippen LogP contribution >= 0.6 is 22.9 Å². The van der Waals surface area contributed by atoms with Crippen LogP contribution in [0, 0.1) is 5.82 Å². The maximum atomic E-state index is 13.6. The molecule has 0 saturated heterocycles. The standard InChI is InChI=1S/C13H12ClFN2OS/c1-8(11-6-3-7-19-11)16-13(18)17-10-5-2-4-9(14)12(10)15/h2-8H,1H3,(H2,16,17,18). The minimum absolute atomic E-state index is 0.0240. The van der Waals surface area contributed by atoms with E-state index >= 15 is 0 Å². The van der Waals surface area contributed by atoms with E-state index in [1.54, 1.807) is 17.4 Å². The van der Waals surface area contributed by atoms with Crippen LogP contribution in [0.1, 0.15) is 17.8 Å². The van der Waals surface area contributed by atoms with Gasteiger partial charge in [-0.2, -0.15) is 0 Å². The molecule has 2 rings (SSSR count). The topological polar surface area (TPSA) is 41.1 Å². The summed E-state index contributed by atoms with van der Waals surface area (Å²) < 4.78 is 13.6. The number of nitrogens with one attached hydrogen (secondary N) is 2. The quantitative estimate of drug-likeness (QED) is 0.865. The zero-order valence-corrected chi connectivity index (χ0v) is 11.7. The van der Waals surface area contributed by atoms with Gasteiger partial charge in [0, 0.05) is 4.88 Å². The van der Waals surface area contributed by atoms with Crippen molar-refractivity contribution in [1.29, 1.82) is 0 Å². The van der Waals surface area contributed by atoms with Crippen LogP contribution < -0.4 is 10.6 Å². The first-order chi connectivity index (χ1) is 9.08. The molecule has 1 atom stereocenters. The summed E-state index contributed by atoms with van der Waals surface area (Å²) in [6, 6.07) is 7.68. The van der Waals surface area contributed by atoms with Crippen LogP contribution in [0.5, 0.6) is 0 Å². The lowest BCUT2D eigenvalue weighted by molar-refractivity contribution is 0.249. The monoisotopic (exact) mass is 298 g/mol. The lowest BCUT2D eigenvalue weighted by Crippen LogP contribution is -2.31. The second-order valence-electron chi connectivity index (χ2n) is 3.94. The van der Waals surface area contributed by atoms with Crippen molar-refractivity contribution < 1.29 is 9.18 Å². The molecule has 19 heavy (non-hydrogen) atoms. The molecule has 1 heterocycles. The lowest BCUT2D eigenvalue weighted by Gasteiger charge is -2.13. The number of benzene rings is 1. The van der Waals surface area contributed by atoms with Crippen molar-refractivity contribution in [2.24, 2.45) is 0 Å². The fraction of sp³-hybridized carbons (Fsp3) is 0.154. The Balaban J connectivity index is 2.00. The second-order valence-corrected chi connectivity index (χ2v) is 5.32. The molecule has 1 aromatic carbocycles. The van der Waals surface area contributed by atoms with E-state index in [0.717, 1.165) is 4.88 Å². The van der Waals surface area contributed by atoms with Crippen molar-refractivity contribution >= 4 is 34.7 Å². The van der Waals surface area contributed by atoms with Crippen LogP contribution in [0.25, 0.3) is 0 Å². The Morgan fingerprint density at radius 2 is 2.16 bits per heavy atom. The Bertz CT molecular complexity index is 574. The van der Waals surface area contributed by atoms with Crippen LogP contribution in [-0.2, 0) is 0 Å². The van der Waals surface area contributed by atoms with Crippen LogP contribution in [0.4, 0.5) is 14.9 Å². The number of carbonyl (C=O) groups excluding carboxylic acids is 1. The zero-order chi connectivity index (χ0) is 13.8. The molecular weight excluding hydrogens is 287 g/mol. The van der Waals surface area contributed by atoms with Gasteiger partial charge in [-0.15, -0.1) is 11.3 Å². The molecule has 2 amide bonds. The average molecular weight is 299 g/mol. The lowest BCUT2D eigenvalue weighted by atomic mass is 10.3. The van der Waals surface area contributed by atoms with Crippen molar-refractivity contribution in [3.05, 3.63) is 51.4 Å². The van der Waals surface area contributed by atoms with Crippen LogP contribution in [-0.4, -0.2) is 6.03 Å². The van der Waals surface area contributed by atoms with E-state index in [2.05, 4.69) is 10.6 Å². The fourth-order valence-corrected chi connectivity index (χ4v) is 2.47. The number of hydrogen-bond donors (Lipinski definition) is 2. The summed E-state index contributed by atoms with van der Waals surface area (Å²) in [6.07, 6.45) is 0. The van der Waals surface area contributed by atoms with E-state index in [-0.39, 0.29) is 16.8 Å². The highest BCUT2D eigenvalue weighted by atomic mass is 35.5. The van der Waals surface area contributed by atoms with Gasteiger partial charge in [0.1, 0.15) is 0 Å². The summed E-state index contributed by atoms with van der Waals surface area (Å²) >= 11 is 7.19. The van der Waals surface area contributed by atoms with E-state index in [1.807, 2.05) is 24.4 Å². The normalized spacial score (nSPS) is 11.9. The Labute approximate surface area is 119 Å². The zero-order valence-electron chi connectivity index (χ0n) is 10.1. The first-order valence-corrected chi connectivity index (χ1v) is 6.88. The molecule has 0 spiro atoms. The maximum absolute atomic E-state index is 13.6. The Morgan fingerprint density at radius 1 is 1.37 bits per heavy atom. The van der Waals surface area contributed by atoms with Crippen molar-refractivity contribution in [3.8, 4) is 0 Å². The first-order valence-electron chi connectivity index (χ1n) is 5.63. The largest absolute Gasteiger partial charge is 0.331 e. The van der Waals surface area contributed by atoms with E-state index in [9.17, 15) is 9.18 Å². The molecule has 1 aromatic heterocycles. The Hall–Kier alpha value is -1.59. The maximum Gasteiger partial charge on any atom is 0.319 e. The number of thiophene rings is 1. The van der Waals surface area contributed by atoms with Gasteiger partial charge in [0.15, 0.2) is 5.82 Å². The number of rotatable bonds is 3. The first kappa shape index (κ1) is 13.8. The van der Waals surface area contributed by atoms with Gasteiger partial charge in [-0.3, -0.25) is 0 Å². The summed E-state index contributed by atoms with van der Waals surface area (Å²) in [7, 11) is 0. The van der Waals surface area contributed by atoms with Crippen LogP contribution in [0.3, 0.4) is 0 Å². The number of carbonyl (C=O) groups is 1. The third-order valence-electron chi connectivity index (χ3n) is 2.52. The smallest absolute Gasteiger partial charge is 0.319 e. The van der Waals surface area contributed by atoms with Crippen LogP contribution in [0.15, 0.2) is 35.7 Å². The van der Waals surface area contributed by atoms with Gasteiger partial charge >= 0.3 is 6.03 Å². The number of halogens is 2. The van der Waals surface area contributed by atoms with Crippen molar-refractivity contribution in [1.82, 2.24) is 5.32 Å². The third kappa shape index (κ3) is 3.45. The summed E-state index contributed by atoms with van der Waals surface area (Å²) in [6.45, 7) is 1.86. The highest BCUT2D eigenvalue weighted by molar-refractivity contribution is 7.10. The van der Waals surface area contributed by atoms with Gasteiger partial charge < -0.3 is 10.6 Å². The Kier molecular flexibility index (Phi) is 4.39. The van der Waals surface area contributed by atoms with Gasteiger partial charge in [0.25, 0.3) is 0 Å². The second kappa shape index (κ2) is 6.04. The molecule has 0 radical (unpaired) electrons. The molecule has 0 fully saturated rings. The van der Waals surface area contributed by atoms with Crippen molar-refractivity contribution in [3.63, 3.8) is 0 Å². The molecule has 0 aliphatic heterocycles. The molecule has 0 bridgehead atoms. The predicted molar refractivity (Wildman–Crippen MR) is 76.3 cm³/mol. The van der Waals surface area contributed by atoms with Gasteiger partial charge in [-0.05, 0) is 30.5 Å². The number of hydrogen-bond acceptors (Lipinski definition) is 2. The predicted octanol–water partition coefficient (Wildman–Crippen LogP) is 4.42. The SMILES string of the molecule is CC(NC(=O)Nc1cccc(Cl)c1F)c1cccs1. The summed E-state index contributed by atoms with van der Waals surface area (Å²) in [5.74, 6) is -0.636. The van der Waals surface area contributed by atoms with Crippen molar-refractivity contribution in [2.75, 3.05) is 5.32 Å². The minimum Gasteiger partial charge on any atom is -0.331 e. The molecule has 3 nitrogen and oxygen atoms in total. The molecule has 0 saturated carbocycles. The molecule has 6 heteroatoms. The number of anilines is 1.